The molecule has 0 atom stereocenters. The number of nitrogens with one attached hydrogen (secondary N) is 1. The van der Waals surface area contributed by atoms with Gasteiger partial charge in [-0.25, -0.2) is 0 Å². The normalized spacial score (nSPS) is 15.0. The van der Waals surface area contributed by atoms with E-state index in [9.17, 15) is 9.90 Å². The van der Waals surface area contributed by atoms with E-state index in [-0.39, 0.29) is 35.3 Å². The van der Waals surface area contributed by atoms with E-state index >= 15 is 0 Å². The molecule has 3 rings (SSSR count). The summed E-state index contributed by atoms with van der Waals surface area (Å²) in [5, 5.41) is 17.3. The molecule has 1 N–H and O–H groups in total. The van der Waals surface area contributed by atoms with Crippen LogP contribution in [0.3, 0.4) is 0 Å². The Bertz CT molecular complexity index is 657. The van der Waals surface area contributed by atoms with E-state index in [4.69, 9.17) is 4.52 Å². The molecule has 1 aliphatic rings. The summed E-state index contributed by atoms with van der Waals surface area (Å²) in [4.78, 5) is 15.4. The molecule has 2 aromatic rings. The van der Waals surface area contributed by atoms with E-state index in [1.54, 1.807) is 0 Å². The van der Waals surface area contributed by atoms with Crippen LogP contribution in [0.2, 0.25) is 0 Å². The molecule has 1 fully saturated rings. The number of carboxylic acids is 1. The van der Waals surface area contributed by atoms with Gasteiger partial charge in [0, 0.05) is 51.0 Å². The Labute approximate surface area is 169 Å². The Hall–Kier alpha value is -1.38. The van der Waals surface area contributed by atoms with Crippen LogP contribution in [-0.2, 0) is 6.54 Å². The van der Waals surface area contributed by atoms with Gasteiger partial charge in [0.1, 0.15) is 5.69 Å². The fraction of sp³-hybridized carbons (Fsp3) is 0.412. The van der Waals surface area contributed by atoms with Gasteiger partial charge in [-0.15, -0.1) is 0 Å². The van der Waals surface area contributed by atoms with Gasteiger partial charge in [-0.05, 0) is 12.1 Å². The van der Waals surface area contributed by atoms with Gasteiger partial charge in [0.05, 0.1) is 12.5 Å². The van der Waals surface area contributed by atoms with Crippen LogP contribution >= 0.6 is 0 Å². The van der Waals surface area contributed by atoms with Crippen molar-refractivity contribution < 1.29 is 44.0 Å². The van der Waals surface area contributed by atoms with Crippen LogP contribution in [0.4, 0.5) is 5.69 Å². The SMILES string of the molecule is O=C([O-])c1cc(CNCCN2CCN(c3ccccc3)CC2)on1.[Na+]. The number of aromatic nitrogens is 1. The molecule has 1 saturated heterocycles. The molecule has 25 heavy (non-hydrogen) atoms. The number of benzene rings is 1. The summed E-state index contributed by atoms with van der Waals surface area (Å²) in [5.41, 5.74) is 1.12. The van der Waals surface area contributed by atoms with Crippen molar-refractivity contribution in [2.24, 2.45) is 0 Å². The molecule has 128 valence electrons. The second-order valence-electron chi connectivity index (χ2n) is 5.81. The van der Waals surface area contributed by atoms with Crippen LogP contribution in [0.1, 0.15) is 16.2 Å². The number of anilines is 1. The van der Waals surface area contributed by atoms with Gasteiger partial charge in [0.25, 0.3) is 0 Å². The first-order valence-corrected chi connectivity index (χ1v) is 8.12. The van der Waals surface area contributed by atoms with Crippen LogP contribution in [-0.4, -0.2) is 55.3 Å². The summed E-state index contributed by atoms with van der Waals surface area (Å²) in [6.07, 6.45) is 0. The number of para-hydroxylation sites is 1. The van der Waals surface area contributed by atoms with Crippen molar-refractivity contribution in [3.8, 4) is 0 Å². The van der Waals surface area contributed by atoms with Crippen molar-refractivity contribution in [1.29, 1.82) is 0 Å². The molecule has 0 bridgehead atoms. The maximum Gasteiger partial charge on any atom is 1.00 e. The minimum atomic E-state index is -1.32. The molecule has 0 unspecified atom stereocenters. The van der Waals surface area contributed by atoms with Crippen molar-refractivity contribution in [2.75, 3.05) is 44.2 Å². The van der Waals surface area contributed by atoms with Crippen molar-refractivity contribution in [3.63, 3.8) is 0 Å². The number of rotatable bonds is 7. The molecular weight excluding hydrogens is 331 g/mol. The summed E-state index contributed by atoms with van der Waals surface area (Å²) in [6.45, 7) is 6.35. The van der Waals surface area contributed by atoms with Gasteiger partial charge >= 0.3 is 29.6 Å². The van der Waals surface area contributed by atoms with Crippen molar-refractivity contribution in [2.45, 2.75) is 6.54 Å². The minimum Gasteiger partial charge on any atom is -0.543 e. The number of nitrogens with zero attached hydrogens (tertiary/aromatic N) is 3. The number of carboxylic acid groups (broad SMARTS) is 1. The largest absolute Gasteiger partial charge is 1.00 e. The summed E-state index contributed by atoms with van der Waals surface area (Å²) in [5.74, 6) is -0.815. The zero-order valence-electron chi connectivity index (χ0n) is 14.5. The van der Waals surface area contributed by atoms with E-state index < -0.39 is 5.97 Å². The first kappa shape index (κ1) is 19.9. The quantitative estimate of drug-likeness (QED) is 0.419. The maximum atomic E-state index is 10.6. The smallest absolute Gasteiger partial charge is 0.543 e. The number of aromatic carboxylic acids is 1. The van der Waals surface area contributed by atoms with Crippen LogP contribution in [0.15, 0.2) is 40.9 Å². The number of carbonyl (C=O) groups excluding carboxylic acids is 1. The zero-order chi connectivity index (χ0) is 16.8. The summed E-state index contributed by atoms with van der Waals surface area (Å²) < 4.78 is 4.93. The van der Waals surface area contributed by atoms with Crippen molar-refractivity contribution in [3.05, 3.63) is 47.9 Å². The summed E-state index contributed by atoms with van der Waals surface area (Å²) in [6, 6.07) is 11.9. The number of hydrogen-bond donors (Lipinski definition) is 1. The second kappa shape index (κ2) is 9.94. The minimum absolute atomic E-state index is 0. The fourth-order valence-corrected chi connectivity index (χ4v) is 2.81. The maximum absolute atomic E-state index is 10.6. The molecular formula is C17H21N4NaO3. The fourth-order valence-electron chi connectivity index (χ4n) is 2.81. The zero-order valence-corrected chi connectivity index (χ0v) is 16.5. The standard InChI is InChI=1S/C17H22N4O3.Na/c22-17(23)16-12-15(24-19-16)13-18-6-7-20-8-10-21(11-9-20)14-4-2-1-3-5-14;/h1-5,12,18H,6-11,13H2,(H,22,23);/q;+1/p-1. The molecule has 8 heteroatoms. The van der Waals surface area contributed by atoms with E-state index in [2.05, 4.69) is 44.5 Å². The molecule has 0 saturated carbocycles. The topological polar surface area (TPSA) is 84.7 Å². The van der Waals surface area contributed by atoms with Crippen molar-refractivity contribution in [1.82, 2.24) is 15.4 Å². The predicted molar refractivity (Wildman–Crippen MR) is 87.6 cm³/mol. The summed E-state index contributed by atoms with van der Waals surface area (Å²) >= 11 is 0. The number of carbonyl (C=O) groups is 1. The predicted octanol–water partition coefficient (Wildman–Crippen LogP) is -3.05. The van der Waals surface area contributed by atoms with Gasteiger partial charge in [-0.3, -0.25) is 4.90 Å². The third kappa shape index (κ3) is 5.83. The molecule has 0 amide bonds. The van der Waals surface area contributed by atoms with E-state index in [0.29, 0.717) is 12.3 Å². The first-order valence-electron chi connectivity index (χ1n) is 8.12. The Morgan fingerprint density at radius 1 is 1.20 bits per heavy atom. The number of hydrogen-bond acceptors (Lipinski definition) is 7. The average Bonchev–Trinajstić information content (AvgIpc) is 3.09. The Kier molecular flexibility index (Phi) is 7.92. The molecule has 1 aromatic carbocycles. The van der Waals surface area contributed by atoms with Gasteiger partial charge in [0.2, 0.25) is 0 Å². The summed E-state index contributed by atoms with van der Waals surface area (Å²) in [7, 11) is 0. The van der Waals surface area contributed by atoms with Gasteiger partial charge in [-0.1, -0.05) is 23.4 Å². The average molecular weight is 352 g/mol. The molecule has 0 spiro atoms. The van der Waals surface area contributed by atoms with Gasteiger partial charge in [0.15, 0.2) is 5.76 Å². The molecule has 1 aromatic heterocycles. The van der Waals surface area contributed by atoms with E-state index in [1.807, 2.05) is 6.07 Å². The monoisotopic (exact) mass is 352 g/mol. The first-order chi connectivity index (χ1) is 11.7. The van der Waals surface area contributed by atoms with Crippen LogP contribution < -0.4 is 44.9 Å². The van der Waals surface area contributed by atoms with Crippen LogP contribution in [0, 0.1) is 0 Å². The molecule has 0 aliphatic carbocycles. The van der Waals surface area contributed by atoms with Gasteiger partial charge in [-0.2, -0.15) is 0 Å². The second-order valence-corrected chi connectivity index (χ2v) is 5.81. The molecule has 0 radical (unpaired) electrons. The van der Waals surface area contributed by atoms with Crippen molar-refractivity contribution >= 4 is 11.7 Å². The molecule has 2 heterocycles. The number of piperazine rings is 1. The molecule has 7 nitrogen and oxygen atoms in total. The van der Waals surface area contributed by atoms with Crippen LogP contribution in [0.5, 0.6) is 0 Å². The van der Waals surface area contributed by atoms with Gasteiger partial charge < -0.3 is 24.6 Å². The Morgan fingerprint density at radius 3 is 2.56 bits per heavy atom. The van der Waals surface area contributed by atoms with E-state index in [1.165, 1.54) is 11.8 Å². The molecule has 1 aliphatic heterocycles. The Balaban J connectivity index is 0.00000225. The third-order valence-corrected chi connectivity index (χ3v) is 4.17. The van der Waals surface area contributed by atoms with E-state index in [0.717, 1.165) is 39.3 Å². The Morgan fingerprint density at radius 2 is 1.92 bits per heavy atom. The third-order valence-electron chi connectivity index (χ3n) is 4.17. The van der Waals surface area contributed by atoms with Crippen LogP contribution in [0.25, 0.3) is 0 Å².